The van der Waals surface area contributed by atoms with Crippen molar-refractivity contribution < 1.29 is 23.1 Å². The first-order valence-corrected chi connectivity index (χ1v) is 15.0. The molecule has 7 nitrogen and oxygen atoms in total. The van der Waals surface area contributed by atoms with Gasteiger partial charge in [-0.25, -0.2) is 8.42 Å². The average Bonchev–Trinajstić information content (AvgIpc) is 2.90. The van der Waals surface area contributed by atoms with E-state index in [4.69, 9.17) is 4.74 Å². The van der Waals surface area contributed by atoms with Gasteiger partial charge in [-0.15, -0.1) is 0 Å². The van der Waals surface area contributed by atoms with Crippen LogP contribution in [0.3, 0.4) is 0 Å². The van der Waals surface area contributed by atoms with Crippen LogP contribution in [0.5, 0.6) is 5.75 Å². The minimum absolute atomic E-state index is 0.0658. The molecule has 2 aliphatic carbocycles. The SMILES string of the molecule is C[C@@H]1CN([C@@H](C)CO)S(=O)(=O)c2ccc(C3=CCCCC3)cc2O[C@@H]1CN(C)C(=O)C1CCCCC1. The summed E-state index contributed by atoms with van der Waals surface area (Å²) in [5, 5.41) is 9.86. The van der Waals surface area contributed by atoms with Gasteiger partial charge >= 0.3 is 0 Å². The van der Waals surface area contributed by atoms with Crippen LogP contribution in [0.2, 0.25) is 0 Å². The summed E-state index contributed by atoms with van der Waals surface area (Å²) in [5.41, 5.74) is 2.21. The number of hydrogen-bond acceptors (Lipinski definition) is 5. The molecule has 0 radical (unpaired) electrons. The number of nitrogens with zero attached hydrogens (tertiary/aromatic N) is 2. The van der Waals surface area contributed by atoms with Crippen molar-refractivity contribution in [2.45, 2.75) is 88.7 Å². The molecule has 0 unspecified atom stereocenters. The standard InChI is InChI=1S/C28H42N2O5S/c1-20-17-30(21(2)19-31)36(33,34)27-15-14-24(22-10-6-4-7-11-22)16-25(27)35-26(20)18-29(3)28(32)23-12-8-5-9-13-23/h10,14-16,20-21,23,26,31H,4-9,11-13,17-19H2,1-3H3/t20-,21+,26-/m1/s1. The molecule has 1 aromatic rings. The van der Waals surface area contributed by atoms with Crippen LogP contribution in [0.25, 0.3) is 5.57 Å². The highest BCUT2D eigenvalue weighted by molar-refractivity contribution is 7.89. The molecule has 36 heavy (non-hydrogen) atoms. The lowest BCUT2D eigenvalue weighted by Gasteiger charge is -2.38. The van der Waals surface area contributed by atoms with E-state index >= 15 is 0 Å². The van der Waals surface area contributed by atoms with Crippen molar-refractivity contribution in [3.05, 3.63) is 29.8 Å². The lowest BCUT2D eigenvalue weighted by atomic mass is 9.88. The van der Waals surface area contributed by atoms with E-state index in [0.29, 0.717) is 12.3 Å². The Balaban J connectivity index is 1.68. The molecule has 1 heterocycles. The van der Waals surface area contributed by atoms with Gasteiger partial charge in [0.2, 0.25) is 15.9 Å². The first-order chi connectivity index (χ1) is 17.2. The van der Waals surface area contributed by atoms with Crippen LogP contribution >= 0.6 is 0 Å². The summed E-state index contributed by atoms with van der Waals surface area (Å²) >= 11 is 0. The highest BCUT2D eigenvalue weighted by atomic mass is 32.2. The molecule has 1 aliphatic heterocycles. The Morgan fingerprint density at radius 1 is 1.19 bits per heavy atom. The van der Waals surface area contributed by atoms with Crippen LogP contribution in [0, 0.1) is 11.8 Å². The fourth-order valence-corrected chi connectivity index (χ4v) is 7.59. The van der Waals surface area contributed by atoms with E-state index in [1.165, 1.54) is 22.7 Å². The molecule has 1 N–H and O–H groups in total. The van der Waals surface area contributed by atoms with Crippen molar-refractivity contribution in [2.24, 2.45) is 11.8 Å². The molecular formula is C28H42N2O5S. The van der Waals surface area contributed by atoms with Crippen LogP contribution in [0.4, 0.5) is 0 Å². The van der Waals surface area contributed by atoms with E-state index < -0.39 is 16.1 Å². The third kappa shape index (κ3) is 5.81. The van der Waals surface area contributed by atoms with Gasteiger partial charge in [0.1, 0.15) is 16.7 Å². The Morgan fingerprint density at radius 2 is 1.94 bits per heavy atom. The normalized spacial score (nSPS) is 26.1. The van der Waals surface area contributed by atoms with Gasteiger partial charge in [0.15, 0.2) is 0 Å². The molecule has 1 saturated carbocycles. The lowest BCUT2D eigenvalue weighted by molar-refractivity contribution is -0.136. The number of carbonyl (C=O) groups is 1. The van der Waals surface area contributed by atoms with Gasteiger partial charge in [-0.3, -0.25) is 4.79 Å². The number of aliphatic hydroxyl groups excluding tert-OH is 1. The molecule has 0 saturated heterocycles. The highest BCUT2D eigenvalue weighted by Crippen LogP contribution is 2.37. The number of sulfonamides is 1. The molecule has 0 aromatic heterocycles. The Kier molecular flexibility index (Phi) is 8.79. The summed E-state index contributed by atoms with van der Waals surface area (Å²) in [5.74, 6) is 0.378. The van der Waals surface area contributed by atoms with E-state index in [1.807, 2.05) is 26.1 Å². The molecule has 200 valence electrons. The van der Waals surface area contributed by atoms with Crippen LogP contribution in [0.15, 0.2) is 29.2 Å². The molecule has 3 aliphatic rings. The van der Waals surface area contributed by atoms with Crippen LogP contribution < -0.4 is 4.74 Å². The van der Waals surface area contributed by atoms with E-state index in [2.05, 4.69) is 6.08 Å². The number of aliphatic hydroxyl groups is 1. The Morgan fingerprint density at radius 3 is 2.61 bits per heavy atom. The number of benzene rings is 1. The van der Waals surface area contributed by atoms with Gasteiger partial charge in [0.05, 0.1) is 13.2 Å². The third-order valence-electron chi connectivity index (χ3n) is 8.11. The van der Waals surface area contributed by atoms with Crippen molar-refractivity contribution in [2.75, 3.05) is 26.7 Å². The molecular weight excluding hydrogens is 476 g/mol. The topological polar surface area (TPSA) is 87.2 Å². The maximum Gasteiger partial charge on any atom is 0.247 e. The van der Waals surface area contributed by atoms with Gasteiger partial charge in [0.25, 0.3) is 0 Å². The van der Waals surface area contributed by atoms with Crippen molar-refractivity contribution in [1.82, 2.24) is 9.21 Å². The number of likely N-dealkylation sites (N-methyl/N-ethyl adjacent to an activating group) is 1. The molecule has 1 aromatic carbocycles. The number of amides is 1. The van der Waals surface area contributed by atoms with Gasteiger partial charge in [-0.1, -0.05) is 38.3 Å². The quantitative estimate of drug-likeness (QED) is 0.601. The van der Waals surface area contributed by atoms with E-state index in [0.717, 1.165) is 50.5 Å². The molecule has 4 rings (SSSR count). The van der Waals surface area contributed by atoms with E-state index in [9.17, 15) is 18.3 Å². The molecule has 0 bridgehead atoms. The summed E-state index contributed by atoms with van der Waals surface area (Å²) in [6.45, 7) is 4.03. The number of fused-ring (bicyclic) bond motifs is 1. The molecule has 8 heteroatoms. The summed E-state index contributed by atoms with van der Waals surface area (Å²) in [7, 11) is -2.04. The highest BCUT2D eigenvalue weighted by Gasteiger charge is 2.39. The zero-order valence-corrected chi connectivity index (χ0v) is 22.8. The number of carbonyl (C=O) groups excluding carboxylic acids is 1. The summed E-state index contributed by atoms with van der Waals surface area (Å²) in [6.07, 6.45) is 11.4. The summed E-state index contributed by atoms with van der Waals surface area (Å²) < 4.78 is 35.3. The first-order valence-electron chi connectivity index (χ1n) is 13.6. The number of rotatable bonds is 6. The van der Waals surface area contributed by atoms with Crippen LogP contribution in [-0.2, 0) is 14.8 Å². The monoisotopic (exact) mass is 518 g/mol. The summed E-state index contributed by atoms with van der Waals surface area (Å²) in [4.78, 5) is 15.1. The fourth-order valence-electron chi connectivity index (χ4n) is 5.76. The molecule has 1 fully saturated rings. The number of hydrogen-bond donors (Lipinski definition) is 1. The van der Waals surface area contributed by atoms with Gasteiger partial charge in [-0.2, -0.15) is 4.31 Å². The van der Waals surface area contributed by atoms with Gasteiger partial charge in [0, 0.05) is 31.5 Å². The van der Waals surface area contributed by atoms with Crippen molar-refractivity contribution in [1.29, 1.82) is 0 Å². The van der Waals surface area contributed by atoms with Crippen molar-refractivity contribution >= 4 is 21.5 Å². The average molecular weight is 519 g/mol. The second-order valence-electron chi connectivity index (χ2n) is 10.9. The molecule has 3 atom stereocenters. The van der Waals surface area contributed by atoms with Crippen molar-refractivity contribution in [3.8, 4) is 5.75 Å². The van der Waals surface area contributed by atoms with Crippen LogP contribution in [0.1, 0.15) is 77.2 Å². The van der Waals surface area contributed by atoms with Gasteiger partial charge < -0.3 is 14.7 Å². The smallest absolute Gasteiger partial charge is 0.247 e. The first kappa shape index (κ1) is 27.1. The lowest BCUT2D eigenvalue weighted by Crippen LogP contribution is -2.50. The number of ether oxygens (including phenoxy) is 1. The predicted molar refractivity (Wildman–Crippen MR) is 141 cm³/mol. The third-order valence-corrected chi connectivity index (χ3v) is 10.1. The molecule has 1 amide bonds. The predicted octanol–water partition coefficient (Wildman–Crippen LogP) is 4.45. The van der Waals surface area contributed by atoms with E-state index in [-0.39, 0.29) is 41.9 Å². The number of allylic oxidation sites excluding steroid dienone is 2. The van der Waals surface area contributed by atoms with E-state index in [1.54, 1.807) is 17.9 Å². The minimum Gasteiger partial charge on any atom is -0.487 e. The summed E-state index contributed by atoms with van der Waals surface area (Å²) in [6, 6.07) is 4.82. The second kappa shape index (κ2) is 11.7. The Hall–Kier alpha value is -1.90. The fraction of sp³-hybridized carbons (Fsp3) is 0.679. The Labute approximate surface area is 216 Å². The van der Waals surface area contributed by atoms with Crippen LogP contribution in [-0.4, -0.2) is 67.5 Å². The minimum atomic E-state index is -3.87. The largest absolute Gasteiger partial charge is 0.487 e. The zero-order valence-electron chi connectivity index (χ0n) is 22.0. The second-order valence-corrected chi connectivity index (χ2v) is 12.8. The Bertz CT molecular complexity index is 1060. The van der Waals surface area contributed by atoms with Crippen molar-refractivity contribution in [3.63, 3.8) is 0 Å². The zero-order chi connectivity index (χ0) is 25.9. The maximum atomic E-state index is 13.7. The maximum absolute atomic E-state index is 13.7. The van der Waals surface area contributed by atoms with Gasteiger partial charge in [-0.05, 0) is 68.7 Å². The molecule has 0 spiro atoms.